The fraction of sp³-hybridized carbons (Fsp3) is 0.294. The number of carbonyl (C=O) groups is 2. The second-order valence-electron chi connectivity index (χ2n) is 12.0. The molecule has 4 aromatic rings. The van der Waals surface area contributed by atoms with Crippen LogP contribution in [-0.2, 0) is 36.1 Å². The molecular formula is C34H29BrIN5O9. The lowest BCUT2D eigenvalue weighted by molar-refractivity contribution is -0.115. The molecule has 16 heteroatoms. The van der Waals surface area contributed by atoms with Crippen molar-refractivity contribution in [2.24, 2.45) is 7.05 Å². The van der Waals surface area contributed by atoms with Crippen molar-refractivity contribution in [3.8, 4) is 23.0 Å². The average molecular weight is 858 g/mol. The molecule has 14 nitrogen and oxygen atoms in total. The molecule has 0 amide bonds. The maximum Gasteiger partial charge on any atom is 0.347 e. The SMILES string of the molecule is COc1cc2nc(CCn3c(=O)n4n(c3=O)C3CC5=C(C(=O)C=C(Br)C5=O)C(c5cc(I)c(O)c(OC)c5)C3=CC4)c(=O)n(C)c2cc1OC. The fourth-order valence-electron chi connectivity index (χ4n) is 7.10. The quantitative estimate of drug-likeness (QED) is 0.166. The number of ether oxygens (including phenoxy) is 3. The standard InChI is InChI=1S/C34H29BrIN5O9/c1-38-23-14-26(49-3)25(48-2)13-21(23)37-20(32(38)45)6-7-39-33(46)40-8-5-16-22(41(40)34(39)47)11-17-29(24(42)12-18(35)30(17)43)28(16)15-9-19(36)31(44)27(10-15)50-4/h5,9-10,12-14,22,28,44H,6-8,11H2,1-4H3. The van der Waals surface area contributed by atoms with Crippen molar-refractivity contribution >= 4 is 61.1 Å². The Morgan fingerprint density at radius 2 is 1.68 bits per heavy atom. The van der Waals surface area contributed by atoms with Crippen LogP contribution in [0.1, 0.15) is 29.6 Å². The molecule has 2 unspecified atom stereocenters. The molecule has 3 heterocycles. The van der Waals surface area contributed by atoms with Crippen molar-refractivity contribution in [3.05, 3.63) is 104 Å². The Bertz CT molecular complexity index is 2470. The van der Waals surface area contributed by atoms with Gasteiger partial charge in [-0.1, -0.05) is 6.08 Å². The van der Waals surface area contributed by atoms with Crippen LogP contribution >= 0.6 is 38.5 Å². The second kappa shape index (κ2) is 12.6. The Morgan fingerprint density at radius 3 is 2.38 bits per heavy atom. The van der Waals surface area contributed by atoms with Gasteiger partial charge in [-0.2, -0.15) is 0 Å². The van der Waals surface area contributed by atoms with Crippen LogP contribution in [0, 0.1) is 3.57 Å². The lowest BCUT2D eigenvalue weighted by Crippen LogP contribution is -2.40. The van der Waals surface area contributed by atoms with Gasteiger partial charge in [-0.05, 0) is 61.8 Å². The summed E-state index contributed by atoms with van der Waals surface area (Å²) in [6.07, 6.45) is 3.04. The highest BCUT2D eigenvalue weighted by Gasteiger charge is 2.45. The lowest BCUT2D eigenvalue weighted by atomic mass is 9.69. The van der Waals surface area contributed by atoms with E-state index in [-0.39, 0.29) is 70.3 Å². The lowest BCUT2D eigenvalue weighted by Gasteiger charge is -2.39. The molecule has 1 N–H and O–H groups in total. The van der Waals surface area contributed by atoms with Crippen molar-refractivity contribution in [2.45, 2.75) is 37.9 Å². The molecule has 0 fully saturated rings. The zero-order chi connectivity index (χ0) is 35.8. The maximum absolute atomic E-state index is 14.1. The molecule has 7 rings (SSSR count). The minimum absolute atomic E-state index is 0.00107. The van der Waals surface area contributed by atoms with E-state index in [0.29, 0.717) is 37.2 Å². The Balaban J connectivity index is 1.31. The number of aryl methyl sites for hydroxylation is 2. The van der Waals surface area contributed by atoms with E-state index in [1.165, 1.54) is 41.3 Å². The molecule has 0 saturated carbocycles. The van der Waals surface area contributed by atoms with Gasteiger partial charge in [-0.3, -0.25) is 14.4 Å². The van der Waals surface area contributed by atoms with Crippen LogP contribution in [-0.4, -0.2) is 61.5 Å². The number of carbonyl (C=O) groups excluding carboxylic acids is 2. The Hall–Kier alpha value is -4.71. The summed E-state index contributed by atoms with van der Waals surface area (Å²) in [6.45, 7) is -0.109. The molecule has 2 atom stereocenters. The van der Waals surface area contributed by atoms with Gasteiger partial charge >= 0.3 is 11.4 Å². The van der Waals surface area contributed by atoms with Crippen LogP contribution < -0.4 is 31.1 Å². The summed E-state index contributed by atoms with van der Waals surface area (Å²) in [5.74, 6) is -0.521. The highest BCUT2D eigenvalue weighted by molar-refractivity contribution is 14.1. The number of allylic oxidation sites excluding steroid dienone is 6. The Kier molecular flexibility index (Phi) is 8.48. The third-order valence-electron chi connectivity index (χ3n) is 9.50. The maximum atomic E-state index is 14.1. The van der Waals surface area contributed by atoms with Crippen LogP contribution in [0.2, 0.25) is 0 Å². The van der Waals surface area contributed by atoms with Crippen molar-refractivity contribution < 1.29 is 28.9 Å². The number of rotatable bonds is 7. The summed E-state index contributed by atoms with van der Waals surface area (Å²) in [5, 5.41) is 10.6. The van der Waals surface area contributed by atoms with E-state index < -0.39 is 28.9 Å². The molecule has 3 aliphatic rings. The monoisotopic (exact) mass is 857 g/mol. The number of nitrogens with zero attached hydrogens (tertiary/aromatic N) is 5. The van der Waals surface area contributed by atoms with Crippen LogP contribution in [0.5, 0.6) is 23.0 Å². The number of methoxy groups -OCH3 is 3. The van der Waals surface area contributed by atoms with Crippen molar-refractivity contribution in [1.29, 1.82) is 0 Å². The van der Waals surface area contributed by atoms with E-state index in [2.05, 4.69) is 20.9 Å². The smallest absolute Gasteiger partial charge is 0.347 e. The number of Topliss-reactive ketones (excluding diaryl/α,β-unsaturated/α-hetero) is 1. The normalized spacial score (nSPS) is 18.4. The number of halogens is 2. The molecule has 258 valence electrons. The first-order valence-electron chi connectivity index (χ1n) is 15.4. The second-order valence-corrected chi connectivity index (χ2v) is 14.0. The van der Waals surface area contributed by atoms with Crippen molar-refractivity contribution in [3.63, 3.8) is 0 Å². The van der Waals surface area contributed by atoms with Gasteiger partial charge in [0, 0.05) is 61.7 Å². The van der Waals surface area contributed by atoms with Gasteiger partial charge in [0.2, 0.25) is 0 Å². The molecule has 1 aliphatic heterocycles. The van der Waals surface area contributed by atoms with Gasteiger partial charge in [0.05, 0.1) is 53.0 Å². The predicted octanol–water partition coefficient (Wildman–Crippen LogP) is 3.03. The number of fused-ring (bicyclic) bond motifs is 4. The van der Waals surface area contributed by atoms with Gasteiger partial charge < -0.3 is 23.9 Å². The van der Waals surface area contributed by atoms with Crippen LogP contribution in [0.15, 0.2) is 72.0 Å². The van der Waals surface area contributed by atoms with Gasteiger partial charge in [0.15, 0.2) is 34.6 Å². The number of aromatic nitrogens is 5. The molecule has 50 heavy (non-hydrogen) atoms. The Morgan fingerprint density at radius 1 is 0.980 bits per heavy atom. The number of hydrogen-bond acceptors (Lipinski definition) is 10. The number of phenols is 1. The van der Waals surface area contributed by atoms with Crippen molar-refractivity contribution in [1.82, 2.24) is 23.5 Å². The first-order valence-corrected chi connectivity index (χ1v) is 17.3. The molecule has 0 bridgehead atoms. The van der Waals surface area contributed by atoms with Gasteiger partial charge in [0.25, 0.3) is 5.56 Å². The Labute approximate surface area is 305 Å². The van der Waals surface area contributed by atoms with Crippen LogP contribution in [0.3, 0.4) is 0 Å². The topological polar surface area (TPSA) is 166 Å². The number of ketones is 2. The van der Waals surface area contributed by atoms with Gasteiger partial charge in [-0.25, -0.2) is 28.5 Å². The molecule has 2 aliphatic carbocycles. The van der Waals surface area contributed by atoms with E-state index in [9.17, 15) is 29.1 Å². The first kappa shape index (κ1) is 33.8. The zero-order valence-corrected chi connectivity index (χ0v) is 30.9. The van der Waals surface area contributed by atoms with E-state index in [1.807, 2.05) is 28.7 Å². The predicted molar refractivity (Wildman–Crippen MR) is 193 cm³/mol. The number of aromatic hydroxyl groups is 1. The van der Waals surface area contributed by atoms with E-state index in [1.54, 1.807) is 31.3 Å². The fourth-order valence-corrected chi connectivity index (χ4v) is 8.18. The minimum atomic E-state index is -0.782. The minimum Gasteiger partial charge on any atom is -0.504 e. The summed E-state index contributed by atoms with van der Waals surface area (Å²) in [7, 11) is 6.00. The molecule has 2 aromatic carbocycles. The van der Waals surface area contributed by atoms with Crippen molar-refractivity contribution in [2.75, 3.05) is 21.3 Å². The van der Waals surface area contributed by atoms with Gasteiger partial charge in [-0.15, -0.1) is 0 Å². The highest BCUT2D eigenvalue weighted by Crippen LogP contribution is 2.51. The van der Waals surface area contributed by atoms with E-state index in [0.717, 1.165) is 4.57 Å². The third kappa shape index (κ3) is 5.09. The summed E-state index contributed by atoms with van der Waals surface area (Å²) < 4.78 is 21.9. The van der Waals surface area contributed by atoms with Gasteiger partial charge in [0.1, 0.15) is 5.69 Å². The van der Waals surface area contributed by atoms with E-state index >= 15 is 0 Å². The zero-order valence-electron chi connectivity index (χ0n) is 27.2. The van der Waals surface area contributed by atoms with Crippen LogP contribution in [0.25, 0.3) is 11.0 Å². The molecule has 0 radical (unpaired) electrons. The molecule has 0 saturated heterocycles. The summed E-state index contributed by atoms with van der Waals surface area (Å²) in [5.41, 5.74) is 1.29. The summed E-state index contributed by atoms with van der Waals surface area (Å²) in [4.78, 5) is 72.9. The number of phenolic OH excluding ortho intramolecular Hbond substituents is 1. The average Bonchev–Trinajstić information content (AvgIpc) is 3.36. The number of hydrogen-bond donors (Lipinski definition) is 1. The third-order valence-corrected chi connectivity index (χ3v) is 10.9. The summed E-state index contributed by atoms with van der Waals surface area (Å²) >= 11 is 5.19. The molecular weight excluding hydrogens is 829 g/mol. The first-order chi connectivity index (χ1) is 23.9. The molecule has 0 spiro atoms. The van der Waals surface area contributed by atoms with Crippen LogP contribution in [0.4, 0.5) is 0 Å². The molecule has 2 aromatic heterocycles. The largest absolute Gasteiger partial charge is 0.504 e. The highest BCUT2D eigenvalue weighted by atomic mass is 127. The number of benzene rings is 2. The van der Waals surface area contributed by atoms with E-state index in [4.69, 9.17) is 14.2 Å². The summed E-state index contributed by atoms with van der Waals surface area (Å²) in [6, 6.07) is 5.85.